The molecule has 8 heteroatoms. The Kier molecular flexibility index (Phi) is 9.14. The van der Waals surface area contributed by atoms with Gasteiger partial charge < -0.3 is 10.1 Å². The van der Waals surface area contributed by atoms with E-state index < -0.39 is 16.1 Å². The van der Waals surface area contributed by atoms with Crippen LogP contribution >= 0.6 is 0 Å². The molecule has 1 aliphatic heterocycles. The molecule has 0 aliphatic carbocycles. The van der Waals surface area contributed by atoms with Crippen molar-refractivity contribution in [3.8, 4) is 5.75 Å². The van der Waals surface area contributed by atoms with Crippen LogP contribution in [0.5, 0.6) is 5.75 Å². The molecule has 0 bridgehead atoms. The van der Waals surface area contributed by atoms with Crippen molar-refractivity contribution in [2.75, 3.05) is 31.5 Å². The van der Waals surface area contributed by atoms with Crippen LogP contribution in [-0.4, -0.2) is 55.8 Å². The summed E-state index contributed by atoms with van der Waals surface area (Å²) >= 11 is 0. The average Bonchev–Trinajstić information content (AvgIpc) is 3.02. The van der Waals surface area contributed by atoms with Crippen molar-refractivity contribution in [2.45, 2.75) is 30.4 Å². The van der Waals surface area contributed by atoms with Crippen LogP contribution in [0.2, 0.25) is 0 Å². The highest BCUT2D eigenvalue weighted by Gasteiger charge is 2.32. The number of hydrogen-bond acceptors (Lipinski definition) is 5. The Morgan fingerprint density at radius 3 is 1.78 bits per heavy atom. The second-order valence-electron chi connectivity index (χ2n) is 10.0. The fourth-order valence-electron chi connectivity index (χ4n) is 5.15. The number of rotatable bonds is 10. The van der Waals surface area contributed by atoms with Gasteiger partial charge in [-0.25, -0.2) is 8.42 Å². The van der Waals surface area contributed by atoms with Crippen LogP contribution in [0, 0.1) is 0 Å². The molecule has 41 heavy (non-hydrogen) atoms. The SMILES string of the molecule is CCC(Oc1ccccc1)C(=O)Nc1ccc(S(=O)(=O)N2CCN(C(c3ccccc3)c3ccccc3)CC2)cc1. The van der Waals surface area contributed by atoms with Gasteiger partial charge in [-0.15, -0.1) is 0 Å². The van der Waals surface area contributed by atoms with Gasteiger partial charge in [0.25, 0.3) is 5.91 Å². The van der Waals surface area contributed by atoms with Crippen molar-refractivity contribution in [1.29, 1.82) is 0 Å². The lowest BCUT2D eigenvalue weighted by molar-refractivity contribution is -0.122. The summed E-state index contributed by atoms with van der Waals surface area (Å²) < 4.78 is 34.4. The number of ether oxygens (including phenoxy) is 1. The third-order valence-corrected chi connectivity index (χ3v) is 9.23. The normalized spacial score (nSPS) is 15.4. The van der Waals surface area contributed by atoms with Gasteiger partial charge in [0, 0.05) is 31.9 Å². The first kappa shape index (κ1) is 28.5. The van der Waals surface area contributed by atoms with E-state index >= 15 is 0 Å². The van der Waals surface area contributed by atoms with E-state index in [-0.39, 0.29) is 16.8 Å². The largest absolute Gasteiger partial charge is 0.481 e. The van der Waals surface area contributed by atoms with E-state index in [2.05, 4.69) is 34.5 Å². The number of benzene rings is 4. The molecule has 1 unspecified atom stereocenters. The van der Waals surface area contributed by atoms with E-state index in [4.69, 9.17) is 4.74 Å². The number of piperazine rings is 1. The first-order valence-corrected chi connectivity index (χ1v) is 15.4. The fraction of sp³-hybridized carbons (Fsp3) is 0.242. The minimum atomic E-state index is -3.68. The topological polar surface area (TPSA) is 78.9 Å². The van der Waals surface area contributed by atoms with Crippen LogP contribution in [0.4, 0.5) is 5.69 Å². The predicted octanol–water partition coefficient (Wildman–Crippen LogP) is 5.58. The molecule has 0 aromatic heterocycles. The molecule has 0 spiro atoms. The Morgan fingerprint density at radius 2 is 1.27 bits per heavy atom. The molecule has 0 radical (unpaired) electrons. The maximum Gasteiger partial charge on any atom is 0.265 e. The Labute approximate surface area is 242 Å². The summed E-state index contributed by atoms with van der Waals surface area (Å²) in [4.78, 5) is 15.4. The van der Waals surface area contributed by atoms with Gasteiger partial charge in [0.05, 0.1) is 10.9 Å². The highest BCUT2D eigenvalue weighted by Crippen LogP contribution is 2.30. The van der Waals surface area contributed by atoms with E-state index in [9.17, 15) is 13.2 Å². The van der Waals surface area contributed by atoms with Gasteiger partial charge in [-0.2, -0.15) is 4.31 Å². The van der Waals surface area contributed by atoms with Crippen molar-refractivity contribution in [1.82, 2.24) is 9.21 Å². The zero-order chi connectivity index (χ0) is 28.7. The van der Waals surface area contributed by atoms with Crippen LogP contribution in [0.1, 0.15) is 30.5 Å². The highest BCUT2D eigenvalue weighted by atomic mass is 32.2. The highest BCUT2D eigenvalue weighted by molar-refractivity contribution is 7.89. The lowest BCUT2D eigenvalue weighted by Crippen LogP contribution is -2.49. The summed E-state index contributed by atoms with van der Waals surface area (Å²) in [7, 11) is -3.68. The van der Waals surface area contributed by atoms with Gasteiger partial charge in [0.2, 0.25) is 10.0 Å². The van der Waals surface area contributed by atoms with Crippen molar-refractivity contribution >= 4 is 21.6 Å². The number of nitrogens with one attached hydrogen (secondary N) is 1. The number of carbonyl (C=O) groups excluding carboxylic acids is 1. The minimum absolute atomic E-state index is 0.0583. The predicted molar refractivity (Wildman–Crippen MR) is 161 cm³/mol. The molecule has 7 nitrogen and oxygen atoms in total. The standard InChI is InChI=1S/C33H35N3O4S/c1-2-31(40-29-16-10-5-11-17-29)33(37)34-28-18-20-30(21-19-28)41(38,39)36-24-22-35(23-25-36)32(26-12-6-3-7-13-26)27-14-8-4-9-15-27/h3-21,31-32H,2,22-25H2,1H3,(H,34,37). The van der Waals surface area contributed by atoms with E-state index in [1.54, 1.807) is 40.7 Å². The maximum absolute atomic E-state index is 13.5. The van der Waals surface area contributed by atoms with Crippen molar-refractivity contribution in [3.05, 3.63) is 126 Å². The molecule has 4 aromatic rings. The zero-order valence-corrected chi connectivity index (χ0v) is 23.9. The molecular formula is C33H35N3O4S. The molecule has 1 aliphatic rings. The van der Waals surface area contributed by atoms with Crippen LogP contribution < -0.4 is 10.1 Å². The lowest BCUT2D eigenvalue weighted by atomic mass is 9.96. The Hall–Kier alpha value is -3.98. The molecule has 1 saturated heterocycles. The quantitative estimate of drug-likeness (QED) is 0.270. The Balaban J connectivity index is 1.23. The lowest BCUT2D eigenvalue weighted by Gasteiger charge is -2.39. The Morgan fingerprint density at radius 1 is 0.756 bits per heavy atom. The number of amides is 1. The number of nitrogens with zero attached hydrogens (tertiary/aromatic N) is 2. The number of para-hydroxylation sites is 1. The van der Waals surface area contributed by atoms with Gasteiger partial charge in [0.15, 0.2) is 6.10 Å². The third-order valence-electron chi connectivity index (χ3n) is 7.31. The summed E-state index contributed by atoms with van der Waals surface area (Å²) in [6.07, 6.45) is -0.165. The van der Waals surface area contributed by atoms with Crippen molar-refractivity contribution in [3.63, 3.8) is 0 Å². The monoisotopic (exact) mass is 569 g/mol. The minimum Gasteiger partial charge on any atom is -0.481 e. The Bertz CT molecular complexity index is 1470. The second-order valence-corrected chi connectivity index (χ2v) is 11.9. The van der Waals surface area contributed by atoms with Gasteiger partial charge >= 0.3 is 0 Å². The average molecular weight is 570 g/mol. The van der Waals surface area contributed by atoms with Crippen LogP contribution in [-0.2, 0) is 14.8 Å². The molecule has 1 heterocycles. The van der Waals surface area contributed by atoms with E-state index in [1.165, 1.54) is 11.1 Å². The summed E-state index contributed by atoms with van der Waals surface area (Å²) in [5, 5.41) is 2.84. The molecule has 0 saturated carbocycles. The molecule has 5 rings (SSSR count). The van der Waals surface area contributed by atoms with Gasteiger partial charge in [-0.3, -0.25) is 9.69 Å². The smallest absolute Gasteiger partial charge is 0.265 e. The van der Waals surface area contributed by atoms with Crippen molar-refractivity contribution in [2.24, 2.45) is 0 Å². The number of sulfonamides is 1. The first-order valence-electron chi connectivity index (χ1n) is 13.9. The molecular weight excluding hydrogens is 534 g/mol. The van der Waals surface area contributed by atoms with Crippen LogP contribution in [0.25, 0.3) is 0 Å². The van der Waals surface area contributed by atoms with E-state index in [1.807, 2.05) is 61.5 Å². The maximum atomic E-state index is 13.5. The van der Waals surface area contributed by atoms with Crippen LogP contribution in [0.3, 0.4) is 0 Å². The second kappa shape index (κ2) is 13.1. The number of anilines is 1. The molecule has 1 fully saturated rings. The van der Waals surface area contributed by atoms with E-state index in [0.29, 0.717) is 44.0 Å². The van der Waals surface area contributed by atoms with Gasteiger partial charge in [-0.05, 0) is 53.9 Å². The zero-order valence-electron chi connectivity index (χ0n) is 23.1. The molecule has 212 valence electrons. The number of carbonyl (C=O) groups is 1. The van der Waals surface area contributed by atoms with Gasteiger partial charge in [-0.1, -0.05) is 85.8 Å². The summed E-state index contributed by atoms with van der Waals surface area (Å²) in [6, 6.07) is 36.3. The van der Waals surface area contributed by atoms with Crippen LogP contribution in [0.15, 0.2) is 120 Å². The fourth-order valence-corrected chi connectivity index (χ4v) is 6.58. The third kappa shape index (κ3) is 6.85. The number of hydrogen-bond donors (Lipinski definition) is 1. The summed E-state index contributed by atoms with van der Waals surface area (Å²) in [6.45, 7) is 3.89. The molecule has 1 amide bonds. The van der Waals surface area contributed by atoms with E-state index in [0.717, 1.165) is 0 Å². The molecule has 1 N–H and O–H groups in total. The van der Waals surface area contributed by atoms with Crippen molar-refractivity contribution < 1.29 is 17.9 Å². The van der Waals surface area contributed by atoms with Gasteiger partial charge in [0.1, 0.15) is 5.75 Å². The molecule has 4 aromatic carbocycles. The molecule has 1 atom stereocenters. The summed E-state index contributed by atoms with van der Waals surface area (Å²) in [5.74, 6) is 0.337. The summed E-state index contributed by atoms with van der Waals surface area (Å²) in [5.41, 5.74) is 2.89. The first-order chi connectivity index (χ1) is 20.0.